The van der Waals surface area contributed by atoms with Gasteiger partial charge in [-0.05, 0) is 29.8 Å². The molecule has 8 heteroatoms. The van der Waals surface area contributed by atoms with Gasteiger partial charge in [-0.2, -0.15) is 0 Å². The van der Waals surface area contributed by atoms with Crippen molar-refractivity contribution in [2.45, 2.75) is 13.0 Å². The topological polar surface area (TPSA) is 80.3 Å². The van der Waals surface area contributed by atoms with E-state index in [1.54, 1.807) is 24.5 Å². The summed E-state index contributed by atoms with van der Waals surface area (Å²) in [6.45, 7) is 0.0692. The molecule has 2 rings (SSSR count). The van der Waals surface area contributed by atoms with E-state index in [4.69, 9.17) is 4.74 Å². The highest BCUT2D eigenvalue weighted by atomic mass is 19.1. The summed E-state index contributed by atoms with van der Waals surface area (Å²) in [5.41, 5.74) is 0.919. The lowest BCUT2D eigenvalue weighted by Gasteiger charge is -2.08. The molecular weight excluding hydrogens is 332 g/mol. The van der Waals surface area contributed by atoms with Crippen molar-refractivity contribution < 1.29 is 23.1 Å². The van der Waals surface area contributed by atoms with Gasteiger partial charge in [-0.1, -0.05) is 0 Å². The zero-order valence-corrected chi connectivity index (χ0v) is 13.3. The third-order valence-corrected chi connectivity index (χ3v) is 3.17. The van der Waals surface area contributed by atoms with Crippen molar-refractivity contribution >= 4 is 11.8 Å². The maximum Gasteiger partial charge on any atom is 0.257 e. The Morgan fingerprint density at radius 1 is 1.04 bits per heavy atom. The molecule has 0 saturated carbocycles. The second-order valence-electron chi connectivity index (χ2n) is 5.10. The van der Waals surface area contributed by atoms with Crippen LogP contribution in [0.4, 0.5) is 8.78 Å². The molecule has 0 aliphatic rings. The second-order valence-corrected chi connectivity index (χ2v) is 5.10. The van der Waals surface area contributed by atoms with Crippen molar-refractivity contribution in [1.82, 2.24) is 15.6 Å². The van der Waals surface area contributed by atoms with E-state index >= 15 is 0 Å². The molecule has 25 heavy (non-hydrogen) atoms. The lowest BCUT2D eigenvalue weighted by Crippen LogP contribution is -2.33. The highest BCUT2D eigenvalue weighted by Crippen LogP contribution is 2.17. The van der Waals surface area contributed by atoms with Crippen LogP contribution in [-0.4, -0.2) is 29.9 Å². The number of amides is 2. The molecule has 1 heterocycles. The summed E-state index contributed by atoms with van der Waals surface area (Å²) in [5.74, 6) is -2.56. The van der Waals surface area contributed by atoms with Gasteiger partial charge in [0.05, 0.1) is 0 Å². The number of halogens is 2. The molecule has 0 spiro atoms. The molecule has 0 bridgehead atoms. The fourth-order valence-corrected chi connectivity index (χ4v) is 1.89. The molecule has 0 saturated heterocycles. The van der Waals surface area contributed by atoms with Gasteiger partial charge in [0, 0.05) is 38.0 Å². The summed E-state index contributed by atoms with van der Waals surface area (Å²) in [7, 11) is 0. The van der Waals surface area contributed by atoms with Crippen LogP contribution in [0.3, 0.4) is 0 Å². The second kappa shape index (κ2) is 9.31. The number of aromatic nitrogens is 1. The van der Waals surface area contributed by atoms with Gasteiger partial charge < -0.3 is 15.4 Å². The zero-order chi connectivity index (χ0) is 18.1. The monoisotopic (exact) mass is 349 g/mol. The molecule has 1 aromatic carbocycles. The first kappa shape index (κ1) is 18.3. The fourth-order valence-electron chi connectivity index (χ4n) is 1.89. The van der Waals surface area contributed by atoms with Crippen molar-refractivity contribution in [3.8, 4) is 5.75 Å². The molecule has 132 valence electrons. The van der Waals surface area contributed by atoms with Crippen molar-refractivity contribution in [2.24, 2.45) is 0 Å². The van der Waals surface area contributed by atoms with Crippen molar-refractivity contribution in [3.05, 3.63) is 59.9 Å². The number of pyridine rings is 1. The van der Waals surface area contributed by atoms with E-state index in [-0.39, 0.29) is 24.6 Å². The third-order valence-electron chi connectivity index (χ3n) is 3.17. The Hall–Kier alpha value is -3.03. The number of carbonyl (C=O) groups is 2. The maximum atomic E-state index is 13.3. The SMILES string of the molecule is O=C(CCNC(=O)COc1ccc(F)cc1F)NCc1ccncc1. The molecule has 0 unspecified atom stereocenters. The number of hydrogen-bond donors (Lipinski definition) is 2. The van der Waals surface area contributed by atoms with Crippen LogP contribution in [0.1, 0.15) is 12.0 Å². The molecular formula is C17H17F2N3O3. The Balaban J connectivity index is 1.62. The molecule has 0 aliphatic carbocycles. The van der Waals surface area contributed by atoms with Crippen LogP contribution in [0.25, 0.3) is 0 Å². The van der Waals surface area contributed by atoms with Crippen LogP contribution in [-0.2, 0) is 16.1 Å². The Morgan fingerprint density at radius 3 is 2.52 bits per heavy atom. The van der Waals surface area contributed by atoms with Gasteiger partial charge in [0.25, 0.3) is 5.91 Å². The van der Waals surface area contributed by atoms with E-state index in [2.05, 4.69) is 15.6 Å². The lowest BCUT2D eigenvalue weighted by atomic mass is 10.2. The first-order valence-corrected chi connectivity index (χ1v) is 7.55. The lowest BCUT2D eigenvalue weighted by molar-refractivity contribution is -0.123. The predicted molar refractivity (Wildman–Crippen MR) is 85.6 cm³/mol. The van der Waals surface area contributed by atoms with E-state index in [0.29, 0.717) is 12.6 Å². The van der Waals surface area contributed by atoms with Gasteiger partial charge in [0.2, 0.25) is 5.91 Å². The van der Waals surface area contributed by atoms with Gasteiger partial charge in [-0.3, -0.25) is 14.6 Å². The summed E-state index contributed by atoms with van der Waals surface area (Å²) >= 11 is 0. The minimum absolute atomic E-state index is 0.0989. The molecule has 0 fully saturated rings. The number of nitrogens with one attached hydrogen (secondary N) is 2. The first-order chi connectivity index (χ1) is 12.0. The molecule has 1 aromatic heterocycles. The number of benzene rings is 1. The van der Waals surface area contributed by atoms with Gasteiger partial charge in [-0.25, -0.2) is 8.78 Å². The third kappa shape index (κ3) is 6.54. The fraction of sp³-hybridized carbons (Fsp3) is 0.235. The van der Waals surface area contributed by atoms with Crippen molar-refractivity contribution in [3.63, 3.8) is 0 Å². The Labute approximate surface area is 143 Å². The Kier molecular flexibility index (Phi) is 6.82. The zero-order valence-electron chi connectivity index (χ0n) is 13.3. The predicted octanol–water partition coefficient (Wildman–Crippen LogP) is 1.56. The standard InChI is InChI=1S/C17H17F2N3O3/c18-13-1-2-15(14(19)9-13)25-11-17(24)21-8-5-16(23)22-10-12-3-6-20-7-4-12/h1-4,6-7,9H,5,8,10-11H2,(H,21,24)(H,22,23). The molecule has 0 aliphatic heterocycles. The first-order valence-electron chi connectivity index (χ1n) is 7.55. The Morgan fingerprint density at radius 2 is 1.80 bits per heavy atom. The quantitative estimate of drug-likeness (QED) is 0.758. The number of rotatable bonds is 8. The van der Waals surface area contributed by atoms with Crippen molar-refractivity contribution in [1.29, 1.82) is 0 Å². The van der Waals surface area contributed by atoms with Gasteiger partial charge in [0.15, 0.2) is 18.2 Å². The van der Waals surface area contributed by atoms with Crippen LogP contribution in [0.2, 0.25) is 0 Å². The summed E-state index contributed by atoms with van der Waals surface area (Å²) in [5, 5.41) is 5.19. The van der Waals surface area contributed by atoms with Crippen LogP contribution in [0.5, 0.6) is 5.75 Å². The average Bonchev–Trinajstić information content (AvgIpc) is 2.60. The van der Waals surface area contributed by atoms with Crippen LogP contribution in [0.15, 0.2) is 42.7 Å². The number of hydrogen-bond acceptors (Lipinski definition) is 4. The minimum Gasteiger partial charge on any atom is -0.481 e. The van der Waals surface area contributed by atoms with Crippen LogP contribution < -0.4 is 15.4 Å². The van der Waals surface area contributed by atoms with Gasteiger partial charge in [-0.15, -0.1) is 0 Å². The van der Waals surface area contributed by atoms with E-state index in [1.807, 2.05) is 0 Å². The molecule has 6 nitrogen and oxygen atoms in total. The number of nitrogens with zero attached hydrogens (tertiary/aromatic N) is 1. The normalized spacial score (nSPS) is 10.2. The van der Waals surface area contributed by atoms with E-state index < -0.39 is 24.1 Å². The summed E-state index contributed by atoms with van der Waals surface area (Å²) < 4.78 is 31.0. The largest absolute Gasteiger partial charge is 0.481 e. The van der Waals surface area contributed by atoms with Crippen molar-refractivity contribution in [2.75, 3.05) is 13.2 Å². The smallest absolute Gasteiger partial charge is 0.257 e. The van der Waals surface area contributed by atoms with E-state index in [0.717, 1.165) is 17.7 Å². The molecule has 0 radical (unpaired) electrons. The highest BCUT2D eigenvalue weighted by Gasteiger charge is 2.08. The molecule has 0 atom stereocenters. The molecule has 2 amide bonds. The molecule has 2 aromatic rings. The highest BCUT2D eigenvalue weighted by molar-refractivity contribution is 5.79. The van der Waals surface area contributed by atoms with Crippen LogP contribution >= 0.6 is 0 Å². The van der Waals surface area contributed by atoms with E-state index in [1.165, 1.54) is 0 Å². The van der Waals surface area contributed by atoms with Crippen LogP contribution in [0, 0.1) is 11.6 Å². The minimum atomic E-state index is -0.886. The Bertz CT molecular complexity index is 726. The average molecular weight is 349 g/mol. The number of ether oxygens (including phenoxy) is 1. The number of carbonyl (C=O) groups excluding carboxylic acids is 2. The maximum absolute atomic E-state index is 13.3. The summed E-state index contributed by atoms with van der Waals surface area (Å²) in [6.07, 6.45) is 3.36. The van der Waals surface area contributed by atoms with E-state index in [9.17, 15) is 18.4 Å². The van der Waals surface area contributed by atoms with Gasteiger partial charge in [0.1, 0.15) is 5.82 Å². The summed E-state index contributed by atoms with van der Waals surface area (Å²) in [6, 6.07) is 6.37. The summed E-state index contributed by atoms with van der Waals surface area (Å²) in [4.78, 5) is 27.1. The van der Waals surface area contributed by atoms with Gasteiger partial charge >= 0.3 is 0 Å². The molecule has 2 N–H and O–H groups in total.